The van der Waals surface area contributed by atoms with Gasteiger partial charge in [-0.05, 0) is 69.3 Å². The van der Waals surface area contributed by atoms with Gasteiger partial charge in [-0.3, -0.25) is 9.69 Å². The Kier molecular flexibility index (Phi) is 8.23. The fourth-order valence-corrected chi connectivity index (χ4v) is 3.44. The number of carbonyl (C=O) groups excluding carboxylic acids is 1. The van der Waals surface area contributed by atoms with Gasteiger partial charge in [-0.1, -0.05) is 13.0 Å². The second-order valence-corrected chi connectivity index (χ2v) is 7.41. The van der Waals surface area contributed by atoms with Gasteiger partial charge in [0.05, 0.1) is 14.2 Å². The second kappa shape index (κ2) is 10.4. The van der Waals surface area contributed by atoms with Gasteiger partial charge < -0.3 is 14.8 Å². The molecule has 5 heteroatoms. The molecule has 1 fully saturated rings. The van der Waals surface area contributed by atoms with Crippen LogP contribution in [0.4, 0.5) is 0 Å². The van der Waals surface area contributed by atoms with Gasteiger partial charge in [0.1, 0.15) is 0 Å². The quantitative estimate of drug-likeness (QED) is 0.733. The van der Waals surface area contributed by atoms with Gasteiger partial charge in [0.25, 0.3) is 0 Å². The molecule has 1 aromatic carbocycles. The van der Waals surface area contributed by atoms with E-state index in [1.165, 1.54) is 12.8 Å². The lowest BCUT2D eigenvalue weighted by atomic mass is 9.98. The van der Waals surface area contributed by atoms with Gasteiger partial charge in [-0.25, -0.2) is 0 Å². The average Bonchev–Trinajstić information content (AvgIpc) is 2.66. The summed E-state index contributed by atoms with van der Waals surface area (Å²) in [5, 5.41) is 3.09. The van der Waals surface area contributed by atoms with Crippen molar-refractivity contribution in [1.82, 2.24) is 10.2 Å². The molecule has 1 heterocycles. The monoisotopic (exact) mass is 362 g/mol. The number of methoxy groups -OCH3 is 2. The number of carbonyl (C=O) groups is 1. The van der Waals surface area contributed by atoms with Crippen LogP contribution >= 0.6 is 0 Å². The van der Waals surface area contributed by atoms with Gasteiger partial charge >= 0.3 is 0 Å². The molecule has 1 aliphatic rings. The number of hydrogen-bond donors (Lipinski definition) is 1. The summed E-state index contributed by atoms with van der Waals surface area (Å²) < 4.78 is 10.6. The van der Waals surface area contributed by atoms with Crippen molar-refractivity contribution in [2.75, 3.05) is 33.9 Å². The first-order chi connectivity index (χ1) is 12.5. The molecular weight excluding hydrogens is 328 g/mol. The molecule has 0 saturated carbocycles. The number of piperidine rings is 1. The fraction of sp³-hybridized carbons (Fsp3) is 0.667. The number of nitrogens with one attached hydrogen (secondary N) is 1. The predicted molar refractivity (Wildman–Crippen MR) is 105 cm³/mol. The lowest BCUT2D eigenvalue weighted by Crippen LogP contribution is -2.45. The van der Waals surface area contributed by atoms with Crippen molar-refractivity contribution in [2.24, 2.45) is 5.92 Å². The zero-order chi connectivity index (χ0) is 18.9. The van der Waals surface area contributed by atoms with E-state index in [1.807, 2.05) is 18.2 Å². The molecule has 1 amide bonds. The Morgan fingerprint density at radius 2 is 1.92 bits per heavy atom. The Morgan fingerprint density at radius 1 is 1.23 bits per heavy atom. The van der Waals surface area contributed by atoms with Crippen LogP contribution in [0, 0.1) is 5.92 Å². The number of aryl methyl sites for hydroxylation is 1. The lowest BCUT2D eigenvalue weighted by molar-refractivity contribution is -0.121. The van der Waals surface area contributed by atoms with E-state index < -0.39 is 0 Å². The Bertz CT molecular complexity index is 568. The molecule has 0 spiro atoms. The number of nitrogens with zero attached hydrogens (tertiary/aromatic N) is 1. The molecule has 1 saturated heterocycles. The van der Waals surface area contributed by atoms with Crippen LogP contribution < -0.4 is 14.8 Å². The highest BCUT2D eigenvalue weighted by Crippen LogP contribution is 2.28. The largest absolute Gasteiger partial charge is 0.493 e. The Balaban J connectivity index is 1.67. The van der Waals surface area contributed by atoms with Crippen LogP contribution in [0.1, 0.15) is 45.1 Å². The summed E-state index contributed by atoms with van der Waals surface area (Å²) in [6, 6.07) is 6.34. The molecule has 1 unspecified atom stereocenters. The first-order valence-electron chi connectivity index (χ1n) is 9.75. The van der Waals surface area contributed by atoms with Gasteiger partial charge in [0.15, 0.2) is 11.5 Å². The van der Waals surface area contributed by atoms with Crippen LogP contribution in [0.3, 0.4) is 0 Å². The van der Waals surface area contributed by atoms with Gasteiger partial charge in [-0.15, -0.1) is 0 Å². The normalized spacial score (nSPS) is 16.9. The van der Waals surface area contributed by atoms with Crippen molar-refractivity contribution in [1.29, 1.82) is 0 Å². The van der Waals surface area contributed by atoms with Crippen molar-refractivity contribution in [3.8, 4) is 11.5 Å². The molecule has 0 radical (unpaired) electrons. The van der Waals surface area contributed by atoms with Crippen LogP contribution in [0.15, 0.2) is 18.2 Å². The zero-order valence-corrected chi connectivity index (χ0v) is 16.7. The molecule has 26 heavy (non-hydrogen) atoms. The summed E-state index contributed by atoms with van der Waals surface area (Å²) in [5.41, 5.74) is 1.16. The molecule has 0 aromatic heterocycles. The molecule has 0 bridgehead atoms. The maximum atomic E-state index is 12.1. The van der Waals surface area contributed by atoms with Gasteiger partial charge in [-0.2, -0.15) is 0 Å². The average molecular weight is 363 g/mol. The van der Waals surface area contributed by atoms with Crippen LogP contribution in [0.25, 0.3) is 0 Å². The summed E-state index contributed by atoms with van der Waals surface area (Å²) in [7, 11) is 3.27. The smallest absolute Gasteiger partial charge is 0.220 e. The molecule has 146 valence electrons. The first-order valence-corrected chi connectivity index (χ1v) is 9.75. The molecule has 1 atom stereocenters. The standard InChI is InChI=1S/C21H34N2O3/c1-16-10-12-23(13-11-16)17(2)15-22-21(24)7-5-6-18-8-9-19(25-3)20(14-18)26-4/h8-9,14,16-17H,5-7,10-13,15H2,1-4H3,(H,22,24). The highest BCUT2D eigenvalue weighted by Gasteiger charge is 2.20. The lowest BCUT2D eigenvalue weighted by Gasteiger charge is -2.35. The molecule has 2 rings (SSSR count). The molecule has 1 N–H and O–H groups in total. The summed E-state index contributed by atoms with van der Waals surface area (Å²) in [6.45, 7) is 7.57. The maximum Gasteiger partial charge on any atom is 0.220 e. The van der Waals surface area contributed by atoms with Crippen LogP contribution in [-0.2, 0) is 11.2 Å². The predicted octanol–water partition coefficient (Wildman–Crippen LogP) is 3.26. The Labute approximate surface area is 158 Å². The van der Waals surface area contributed by atoms with Crippen molar-refractivity contribution in [3.05, 3.63) is 23.8 Å². The van der Waals surface area contributed by atoms with Crippen molar-refractivity contribution < 1.29 is 14.3 Å². The van der Waals surface area contributed by atoms with E-state index in [-0.39, 0.29) is 5.91 Å². The topological polar surface area (TPSA) is 50.8 Å². The number of rotatable bonds is 9. The van der Waals surface area contributed by atoms with E-state index in [9.17, 15) is 4.79 Å². The minimum atomic E-state index is 0.141. The van der Waals surface area contributed by atoms with Crippen molar-refractivity contribution in [2.45, 2.75) is 52.0 Å². The molecule has 1 aliphatic heterocycles. The third kappa shape index (κ3) is 6.20. The van der Waals surface area contributed by atoms with E-state index in [0.717, 1.165) is 55.5 Å². The maximum absolute atomic E-state index is 12.1. The van der Waals surface area contributed by atoms with E-state index >= 15 is 0 Å². The molecule has 5 nitrogen and oxygen atoms in total. The van der Waals surface area contributed by atoms with Crippen LogP contribution in [0.2, 0.25) is 0 Å². The minimum Gasteiger partial charge on any atom is -0.493 e. The number of hydrogen-bond acceptors (Lipinski definition) is 4. The van der Waals surface area contributed by atoms with Gasteiger partial charge in [0.2, 0.25) is 5.91 Å². The number of amides is 1. The van der Waals surface area contributed by atoms with E-state index in [2.05, 4.69) is 24.1 Å². The Morgan fingerprint density at radius 3 is 2.58 bits per heavy atom. The third-order valence-electron chi connectivity index (χ3n) is 5.35. The number of benzene rings is 1. The Hall–Kier alpha value is -1.75. The second-order valence-electron chi connectivity index (χ2n) is 7.41. The summed E-state index contributed by atoms with van der Waals surface area (Å²) >= 11 is 0. The molecule has 1 aromatic rings. The van der Waals surface area contributed by atoms with Gasteiger partial charge in [0, 0.05) is 19.0 Å². The molecular formula is C21H34N2O3. The summed E-state index contributed by atoms with van der Waals surface area (Å²) in [6.07, 6.45) is 4.77. The first kappa shape index (κ1) is 20.6. The third-order valence-corrected chi connectivity index (χ3v) is 5.35. The molecule has 0 aliphatic carbocycles. The fourth-order valence-electron chi connectivity index (χ4n) is 3.44. The number of likely N-dealkylation sites (tertiary alicyclic amines) is 1. The van der Waals surface area contributed by atoms with Crippen LogP contribution in [-0.4, -0.2) is 50.7 Å². The van der Waals surface area contributed by atoms with Crippen molar-refractivity contribution >= 4 is 5.91 Å². The van der Waals surface area contributed by atoms with Crippen molar-refractivity contribution in [3.63, 3.8) is 0 Å². The SMILES string of the molecule is COc1ccc(CCCC(=O)NCC(C)N2CCC(C)CC2)cc1OC. The van der Waals surface area contributed by atoms with E-state index in [4.69, 9.17) is 9.47 Å². The highest BCUT2D eigenvalue weighted by molar-refractivity contribution is 5.75. The van der Waals surface area contributed by atoms with Crippen LogP contribution in [0.5, 0.6) is 11.5 Å². The summed E-state index contributed by atoms with van der Waals surface area (Å²) in [4.78, 5) is 14.6. The van der Waals surface area contributed by atoms with E-state index in [1.54, 1.807) is 14.2 Å². The van der Waals surface area contributed by atoms with E-state index in [0.29, 0.717) is 12.5 Å². The highest BCUT2D eigenvalue weighted by atomic mass is 16.5. The zero-order valence-electron chi connectivity index (χ0n) is 16.7. The number of ether oxygens (including phenoxy) is 2. The minimum absolute atomic E-state index is 0.141. The summed E-state index contributed by atoms with van der Waals surface area (Å²) in [5.74, 6) is 2.45.